The van der Waals surface area contributed by atoms with Gasteiger partial charge >= 0.3 is 0 Å². The summed E-state index contributed by atoms with van der Waals surface area (Å²) in [6.45, 7) is 2.81. The molecule has 0 atom stereocenters. The van der Waals surface area contributed by atoms with Crippen LogP contribution in [0.15, 0.2) is 70.1 Å². The highest BCUT2D eigenvalue weighted by molar-refractivity contribution is 7.89. The van der Waals surface area contributed by atoms with E-state index in [2.05, 4.69) is 12.1 Å². The van der Waals surface area contributed by atoms with Crippen LogP contribution in [0.2, 0.25) is 0 Å². The molecule has 0 aliphatic heterocycles. The van der Waals surface area contributed by atoms with Gasteiger partial charge in [-0.1, -0.05) is 24.3 Å². The van der Waals surface area contributed by atoms with E-state index in [1.165, 1.54) is 0 Å². The molecule has 6 nitrogen and oxygen atoms in total. The Hall–Kier alpha value is -1.86. The number of carbonyl (C=O) groups is 1. The lowest BCUT2D eigenvalue weighted by atomic mass is 10.3. The largest absolute Gasteiger partial charge is 0.332 e. The van der Waals surface area contributed by atoms with Crippen LogP contribution in [0.4, 0.5) is 0 Å². The lowest BCUT2D eigenvalue weighted by Gasteiger charge is -2.25. The molecule has 0 aliphatic rings. The van der Waals surface area contributed by atoms with Crippen LogP contribution in [0.1, 0.15) is 25.9 Å². The molecule has 37 heavy (non-hydrogen) atoms. The standard InChI is InChI=1S/C26H31N3O3S5/c1-27(11-10-26(30)28(18-22-6-2-13-33-22)19-23-7-3-14-34-23)12-17-37(31,32)29(20-24-8-4-15-35-24)21-25-9-5-16-36-25/h2-9,13-16H,10-12,17-21H2,1H3. The maximum Gasteiger partial charge on any atom is 0.224 e. The van der Waals surface area contributed by atoms with E-state index in [1.807, 2.05) is 74.8 Å². The van der Waals surface area contributed by atoms with E-state index in [-0.39, 0.29) is 11.7 Å². The summed E-state index contributed by atoms with van der Waals surface area (Å²) >= 11 is 6.43. The first-order valence-electron chi connectivity index (χ1n) is 11.9. The summed E-state index contributed by atoms with van der Waals surface area (Å²) in [4.78, 5) is 21.3. The summed E-state index contributed by atoms with van der Waals surface area (Å²) in [6, 6.07) is 15.9. The van der Waals surface area contributed by atoms with Gasteiger partial charge in [0.15, 0.2) is 0 Å². The Labute approximate surface area is 235 Å². The average Bonchev–Trinajstić information content (AvgIpc) is 3.69. The number of sulfonamides is 1. The van der Waals surface area contributed by atoms with Crippen LogP contribution in [-0.4, -0.2) is 54.3 Å². The van der Waals surface area contributed by atoms with E-state index in [1.54, 1.807) is 49.7 Å². The third kappa shape index (κ3) is 8.85. The molecule has 0 spiro atoms. The van der Waals surface area contributed by atoms with Gasteiger partial charge in [0, 0.05) is 52.1 Å². The highest BCUT2D eigenvalue weighted by atomic mass is 32.2. The van der Waals surface area contributed by atoms with E-state index in [0.717, 1.165) is 19.5 Å². The minimum Gasteiger partial charge on any atom is -0.332 e. The molecule has 11 heteroatoms. The van der Waals surface area contributed by atoms with Gasteiger partial charge in [-0.3, -0.25) is 4.79 Å². The van der Waals surface area contributed by atoms with Gasteiger partial charge in [-0.25, -0.2) is 8.42 Å². The van der Waals surface area contributed by atoms with E-state index in [4.69, 9.17) is 0 Å². The number of hydrogen-bond acceptors (Lipinski definition) is 8. The first-order chi connectivity index (χ1) is 17.9. The Bertz CT molecular complexity index is 1210. The van der Waals surface area contributed by atoms with Crippen LogP contribution in [0, 0.1) is 0 Å². The van der Waals surface area contributed by atoms with E-state index < -0.39 is 10.0 Å². The number of rotatable bonds is 15. The van der Waals surface area contributed by atoms with Gasteiger partial charge in [0.05, 0.1) is 18.8 Å². The molecule has 0 aromatic carbocycles. The smallest absolute Gasteiger partial charge is 0.224 e. The number of hydrogen-bond donors (Lipinski definition) is 0. The van der Waals surface area contributed by atoms with Crippen molar-refractivity contribution in [3.8, 4) is 0 Å². The van der Waals surface area contributed by atoms with Crippen molar-refractivity contribution in [2.75, 3.05) is 25.9 Å². The molecule has 4 aromatic heterocycles. The molecule has 4 rings (SSSR count). The maximum atomic E-state index is 13.3. The second-order valence-electron chi connectivity index (χ2n) is 8.70. The van der Waals surface area contributed by atoms with Crippen LogP contribution >= 0.6 is 45.3 Å². The molecule has 0 radical (unpaired) electrons. The van der Waals surface area contributed by atoms with Crippen molar-refractivity contribution in [3.05, 3.63) is 89.6 Å². The number of carbonyl (C=O) groups excluding carboxylic acids is 1. The predicted molar refractivity (Wildman–Crippen MR) is 157 cm³/mol. The fourth-order valence-corrected chi connectivity index (χ4v) is 8.29. The van der Waals surface area contributed by atoms with E-state index in [9.17, 15) is 13.2 Å². The zero-order chi connectivity index (χ0) is 26.1. The van der Waals surface area contributed by atoms with Crippen LogP contribution in [0.3, 0.4) is 0 Å². The first-order valence-corrected chi connectivity index (χ1v) is 17.1. The number of nitrogens with zero attached hydrogens (tertiary/aromatic N) is 3. The molecule has 0 N–H and O–H groups in total. The highest BCUT2D eigenvalue weighted by Gasteiger charge is 2.24. The SMILES string of the molecule is CN(CCC(=O)N(Cc1cccs1)Cc1cccs1)CCS(=O)(=O)N(Cc1cccs1)Cc1cccs1. The highest BCUT2D eigenvalue weighted by Crippen LogP contribution is 2.21. The first kappa shape index (κ1) is 28.2. The molecule has 0 bridgehead atoms. The van der Waals surface area contributed by atoms with Crippen LogP contribution in [0.25, 0.3) is 0 Å². The molecule has 1 amide bonds. The van der Waals surface area contributed by atoms with Gasteiger partial charge in [-0.2, -0.15) is 4.31 Å². The van der Waals surface area contributed by atoms with Gasteiger partial charge in [-0.15, -0.1) is 45.3 Å². The minimum atomic E-state index is -3.48. The number of thiophene rings is 4. The molecule has 0 saturated carbocycles. The van der Waals surface area contributed by atoms with Gasteiger partial charge in [-0.05, 0) is 52.8 Å². The summed E-state index contributed by atoms with van der Waals surface area (Å²) in [6.07, 6.45) is 0.349. The Kier molecular flexibility index (Phi) is 10.5. The number of amides is 1. The van der Waals surface area contributed by atoms with Crippen molar-refractivity contribution in [3.63, 3.8) is 0 Å². The quantitative estimate of drug-likeness (QED) is 0.174. The normalized spacial score (nSPS) is 12.0. The van der Waals surface area contributed by atoms with Crippen molar-refractivity contribution >= 4 is 61.3 Å². The lowest BCUT2D eigenvalue weighted by molar-refractivity contribution is -0.132. The molecular formula is C26H31N3O3S5. The van der Waals surface area contributed by atoms with Crippen molar-refractivity contribution < 1.29 is 13.2 Å². The summed E-state index contributed by atoms with van der Waals surface area (Å²) in [7, 11) is -1.60. The monoisotopic (exact) mass is 593 g/mol. The van der Waals surface area contributed by atoms with E-state index in [0.29, 0.717) is 45.7 Å². The summed E-state index contributed by atoms with van der Waals surface area (Å²) < 4.78 is 28.2. The fourth-order valence-electron chi connectivity index (χ4n) is 3.78. The zero-order valence-corrected chi connectivity index (χ0v) is 24.8. The molecule has 0 saturated heterocycles. The molecule has 198 valence electrons. The van der Waals surface area contributed by atoms with Crippen molar-refractivity contribution in [2.45, 2.75) is 32.6 Å². The van der Waals surface area contributed by atoms with Crippen LogP contribution in [-0.2, 0) is 41.0 Å². The predicted octanol–water partition coefficient (Wildman–Crippen LogP) is 5.82. The molecule has 4 heterocycles. The fraction of sp³-hybridized carbons (Fsp3) is 0.346. The summed E-state index contributed by atoms with van der Waals surface area (Å²) in [5.74, 6) is 0.0938. The lowest BCUT2D eigenvalue weighted by Crippen LogP contribution is -2.37. The molecule has 4 aromatic rings. The molecule has 0 fully saturated rings. The third-order valence-corrected chi connectivity index (χ3v) is 11.1. The zero-order valence-electron chi connectivity index (χ0n) is 20.7. The molecule has 0 aliphatic carbocycles. The molecular weight excluding hydrogens is 563 g/mol. The minimum absolute atomic E-state index is 0.0164. The van der Waals surface area contributed by atoms with Gasteiger partial charge in [0.25, 0.3) is 0 Å². The van der Waals surface area contributed by atoms with Crippen LogP contribution in [0.5, 0.6) is 0 Å². The van der Waals surface area contributed by atoms with Crippen molar-refractivity contribution in [1.82, 2.24) is 14.1 Å². The average molecular weight is 594 g/mol. The Balaban J connectivity index is 1.31. The molecule has 0 unspecified atom stereocenters. The van der Waals surface area contributed by atoms with Gasteiger partial charge in [0.1, 0.15) is 0 Å². The Morgan fingerprint density at radius 3 is 1.54 bits per heavy atom. The second kappa shape index (κ2) is 13.8. The maximum absolute atomic E-state index is 13.3. The van der Waals surface area contributed by atoms with Crippen LogP contribution < -0.4 is 0 Å². The second-order valence-corrected chi connectivity index (χ2v) is 14.9. The Morgan fingerprint density at radius 2 is 1.14 bits per heavy atom. The Morgan fingerprint density at radius 1 is 0.703 bits per heavy atom. The third-order valence-electron chi connectivity index (χ3n) is 5.86. The van der Waals surface area contributed by atoms with Crippen molar-refractivity contribution in [1.29, 1.82) is 0 Å². The van der Waals surface area contributed by atoms with Gasteiger partial charge < -0.3 is 9.80 Å². The summed E-state index contributed by atoms with van der Waals surface area (Å²) in [5.41, 5.74) is 0. The van der Waals surface area contributed by atoms with Gasteiger partial charge in [0.2, 0.25) is 15.9 Å². The van der Waals surface area contributed by atoms with Crippen molar-refractivity contribution in [2.24, 2.45) is 0 Å². The summed E-state index contributed by atoms with van der Waals surface area (Å²) in [5, 5.41) is 7.99. The van der Waals surface area contributed by atoms with E-state index >= 15 is 0 Å². The topological polar surface area (TPSA) is 60.9 Å².